The van der Waals surface area contributed by atoms with Crippen molar-refractivity contribution in [3.05, 3.63) is 28.8 Å². The Morgan fingerprint density at radius 1 is 1.47 bits per heavy atom. The van der Waals surface area contributed by atoms with Crippen molar-refractivity contribution < 1.29 is 4.79 Å². The zero-order valence-corrected chi connectivity index (χ0v) is 11.3. The van der Waals surface area contributed by atoms with E-state index in [4.69, 9.17) is 11.6 Å². The van der Waals surface area contributed by atoms with Gasteiger partial charge in [0.05, 0.1) is 5.92 Å². The van der Waals surface area contributed by atoms with Gasteiger partial charge in [-0.15, -0.1) is 0 Å². The molecular formula is C13H19ClN2O. The van der Waals surface area contributed by atoms with Gasteiger partial charge in [0.25, 0.3) is 0 Å². The van der Waals surface area contributed by atoms with E-state index in [2.05, 4.69) is 10.6 Å². The molecule has 0 aliphatic heterocycles. The van der Waals surface area contributed by atoms with Crippen molar-refractivity contribution in [1.29, 1.82) is 0 Å². The molecule has 17 heavy (non-hydrogen) atoms. The summed E-state index contributed by atoms with van der Waals surface area (Å²) in [5.74, 6) is 0.0191. The lowest BCUT2D eigenvalue weighted by molar-refractivity contribution is -0.119. The Balaban J connectivity index is 2.76. The summed E-state index contributed by atoms with van der Waals surface area (Å²) in [6.07, 6.45) is 0.812. The second kappa shape index (κ2) is 6.62. The standard InChI is InChI=1S/C13H19ClN2O/c1-4-10(8-15-3)13(17)16-12-7-5-6-11(14)9(12)2/h5-7,10,15H,4,8H2,1-3H3,(H,16,17). The number of nitrogens with one attached hydrogen (secondary N) is 2. The van der Waals surface area contributed by atoms with Crippen LogP contribution in [0.25, 0.3) is 0 Å². The highest BCUT2D eigenvalue weighted by molar-refractivity contribution is 6.31. The zero-order valence-electron chi connectivity index (χ0n) is 10.5. The summed E-state index contributed by atoms with van der Waals surface area (Å²) in [5.41, 5.74) is 1.69. The van der Waals surface area contributed by atoms with Crippen LogP contribution in [0.1, 0.15) is 18.9 Å². The maximum Gasteiger partial charge on any atom is 0.228 e. The van der Waals surface area contributed by atoms with Gasteiger partial charge >= 0.3 is 0 Å². The molecule has 94 valence electrons. The monoisotopic (exact) mass is 254 g/mol. The summed E-state index contributed by atoms with van der Waals surface area (Å²) in [5, 5.41) is 6.62. The van der Waals surface area contributed by atoms with Gasteiger partial charge in [-0.3, -0.25) is 4.79 Å². The van der Waals surface area contributed by atoms with Crippen LogP contribution >= 0.6 is 11.6 Å². The van der Waals surface area contributed by atoms with E-state index in [0.29, 0.717) is 11.6 Å². The minimum Gasteiger partial charge on any atom is -0.326 e. The third-order valence-corrected chi connectivity index (χ3v) is 3.25. The third kappa shape index (κ3) is 3.72. The number of hydrogen-bond acceptors (Lipinski definition) is 2. The van der Waals surface area contributed by atoms with Crippen LogP contribution in [0.4, 0.5) is 5.69 Å². The number of carbonyl (C=O) groups is 1. The average molecular weight is 255 g/mol. The first-order valence-corrected chi connectivity index (χ1v) is 6.18. The number of carbonyl (C=O) groups excluding carboxylic acids is 1. The molecule has 0 radical (unpaired) electrons. The molecule has 2 N–H and O–H groups in total. The summed E-state index contributed by atoms with van der Waals surface area (Å²) in [4.78, 5) is 12.0. The maximum atomic E-state index is 12.0. The Kier molecular flexibility index (Phi) is 5.45. The highest BCUT2D eigenvalue weighted by Gasteiger charge is 2.16. The lowest BCUT2D eigenvalue weighted by atomic mass is 10.1. The van der Waals surface area contributed by atoms with Crippen LogP contribution in [0, 0.1) is 12.8 Å². The second-order valence-corrected chi connectivity index (χ2v) is 4.47. The van der Waals surface area contributed by atoms with Crippen LogP contribution in [-0.2, 0) is 4.79 Å². The fraction of sp³-hybridized carbons (Fsp3) is 0.462. The Morgan fingerprint density at radius 2 is 2.18 bits per heavy atom. The average Bonchev–Trinajstić information content (AvgIpc) is 2.31. The Bertz CT molecular complexity index is 393. The van der Waals surface area contributed by atoms with Gasteiger partial charge in [0.2, 0.25) is 5.91 Å². The first kappa shape index (κ1) is 14.0. The molecule has 1 aromatic rings. The molecule has 1 amide bonds. The Labute approximate surface area is 108 Å². The van der Waals surface area contributed by atoms with Gasteiger partial charge in [-0.2, -0.15) is 0 Å². The van der Waals surface area contributed by atoms with E-state index in [9.17, 15) is 4.79 Å². The molecule has 1 unspecified atom stereocenters. The van der Waals surface area contributed by atoms with Crippen LogP contribution in [0.5, 0.6) is 0 Å². The second-order valence-electron chi connectivity index (χ2n) is 4.06. The van der Waals surface area contributed by atoms with E-state index in [0.717, 1.165) is 17.7 Å². The van der Waals surface area contributed by atoms with Crippen molar-refractivity contribution in [2.45, 2.75) is 20.3 Å². The lowest BCUT2D eigenvalue weighted by Gasteiger charge is -2.16. The van der Waals surface area contributed by atoms with Crippen LogP contribution in [0.2, 0.25) is 5.02 Å². The number of amides is 1. The van der Waals surface area contributed by atoms with Crippen LogP contribution in [0.3, 0.4) is 0 Å². The van der Waals surface area contributed by atoms with E-state index >= 15 is 0 Å². The van der Waals surface area contributed by atoms with Gasteiger partial charge in [0, 0.05) is 17.3 Å². The highest BCUT2D eigenvalue weighted by atomic mass is 35.5. The number of hydrogen-bond donors (Lipinski definition) is 2. The summed E-state index contributed by atoms with van der Waals surface area (Å²) in [6.45, 7) is 4.59. The molecule has 1 rings (SSSR count). The zero-order chi connectivity index (χ0) is 12.8. The topological polar surface area (TPSA) is 41.1 Å². The van der Waals surface area contributed by atoms with Gasteiger partial charge in [0.1, 0.15) is 0 Å². The molecule has 0 fully saturated rings. The number of rotatable bonds is 5. The predicted octanol–water partition coefficient (Wildman–Crippen LogP) is 2.83. The molecule has 0 spiro atoms. The summed E-state index contributed by atoms with van der Waals surface area (Å²) >= 11 is 6.01. The summed E-state index contributed by atoms with van der Waals surface area (Å²) in [7, 11) is 1.85. The summed E-state index contributed by atoms with van der Waals surface area (Å²) in [6, 6.07) is 5.52. The maximum absolute atomic E-state index is 12.0. The molecule has 0 saturated carbocycles. The van der Waals surface area contributed by atoms with Crippen molar-refractivity contribution in [1.82, 2.24) is 5.32 Å². The minimum absolute atomic E-state index is 0.0154. The number of benzene rings is 1. The largest absolute Gasteiger partial charge is 0.326 e. The summed E-state index contributed by atoms with van der Waals surface area (Å²) < 4.78 is 0. The van der Waals surface area contributed by atoms with Crippen LogP contribution in [-0.4, -0.2) is 19.5 Å². The van der Waals surface area contributed by atoms with Crippen LogP contribution in [0.15, 0.2) is 18.2 Å². The molecule has 0 saturated heterocycles. The van der Waals surface area contributed by atoms with Gasteiger partial charge in [-0.25, -0.2) is 0 Å². The molecular weight excluding hydrogens is 236 g/mol. The quantitative estimate of drug-likeness (QED) is 0.848. The number of halogens is 1. The first-order chi connectivity index (χ1) is 8.10. The van der Waals surface area contributed by atoms with E-state index in [1.54, 1.807) is 0 Å². The van der Waals surface area contributed by atoms with Gasteiger partial charge in [-0.1, -0.05) is 24.6 Å². The van der Waals surface area contributed by atoms with Crippen molar-refractivity contribution in [3.8, 4) is 0 Å². The van der Waals surface area contributed by atoms with Gasteiger partial charge < -0.3 is 10.6 Å². The van der Waals surface area contributed by atoms with Crippen molar-refractivity contribution in [3.63, 3.8) is 0 Å². The predicted molar refractivity (Wildman–Crippen MR) is 72.5 cm³/mol. The normalized spacial score (nSPS) is 12.2. The van der Waals surface area contributed by atoms with E-state index in [-0.39, 0.29) is 11.8 Å². The van der Waals surface area contributed by atoms with E-state index in [1.165, 1.54) is 0 Å². The fourth-order valence-corrected chi connectivity index (χ4v) is 1.82. The Morgan fingerprint density at radius 3 is 2.76 bits per heavy atom. The molecule has 0 bridgehead atoms. The van der Waals surface area contributed by atoms with E-state index in [1.807, 2.05) is 39.1 Å². The van der Waals surface area contributed by atoms with Gasteiger partial charge in [0.15, 0.2) is 0 Å². The third-order valence-electron chi connectivity index (χ3n) is 2.84. The molecule has 0 aromatic heterocycles. The molecule has 3 nitrogen and oxygen atoms in total. The minimum atomic E-state index is -0.0154. The molecule has 0 aliphatic carbocycles. The van der Waals surface area contributed by atoms with E-state index < -0.39 is 0 Å². The first-order valence-electron chi connectivity index (χ1n) is 5.80. The Hall–Kier alpha value is -1.06. The molecule has 1 atom stereocenters. The fourth-order valence-electron chi connectivity index (χ4n) is 1.65. The molecule has 0 aliphatic rings. The number of anilines is 1. The lowest BCUT2D eigenvalue weighted by Crippen LogP contribution is -2.30. The highest BCUT2D eigenvalue weighted by Crippen LogP contribution is 2.23. The van der Waals surface area contributed by atoms with Gasteiger partial charge in [-0.05, 0) is 38.1 Å². The van der Waals surface area contributed by atoms with Crippen molar-refractivity contribution in [2.24, 2.45) is 5.92 Å². The van der Waals surface area contributed by atoms with Crippen molar-refractivity contribution in [2.75, 3.05) is 18.9 Å². The molecule has 1 aromatic carbocycles. The molecule has 0 heterocycles. The smallest absolute Gasteiger partial charge is 0.228 e. The molecule has 4 heteroatoms. The van der Waals surface area contributed by atoms with Crippen LogP contribution < -0.4 is 10.6 Å². The van der Waals surface area contributed by atoms with Crippen molar-refractivity contribution >= 4 is 23.2 Å². The SMILES string of the molecule is CCC(CNC)C(=O)Nc1cccc(Cl)c1C.